The Kier molecular flexibility index (Phi) is 3.67. The van der Waals surface area contributed by atoms with Crippen molar-refractivity contribution in [1.82, 2.24) is 0 Å². The molecule has 3 aliphatic rings. The van der Waals surface area contributed by atoms with Crippen molar-refractivity contribution < 1.29 is 28.8 Å². The molecule has 1 aromatic carbocycles. The van der Waals surface area contributed by atoms with Gasteiger partial charge in [-0.1, -0.05) is 12.1 Å². The Morgan fingerprint density at radius 2 is 2.11 bits per heavy atom. The van der Waals surface area contributed by atoms with Crippen LogP contribution in [0.5, 0.6) is 0 Å². The normalized spacial score (nSPS) is 30.7. The van der Waals surface area contributed by atoms with E-state index in [1.54, 1.807) is 19.1 Å². The van der Waals surface area contributed by atoms with E-state index < -0.39 is 46.2 Å². The van der Waals surface area contributed by atoms with E-state index in [2.05, 4.69) is 0 Å². The van der Waals surface area contributed by atoms with Gasteiger partial charge >= 0.3 is 5.97 Å². The topological polar surface area (TPSA) is 116 Å². The minimum Gasteiger partial charge on any atom is -0.462 e. The van der Waals surface area contributed by atoms with Crippen LogP contribution in [-0.4, -0.2) is 41.0 Å². The van der Waals surface area contributed by atoms with Crippen LogP contribution in [0.15, 0.2) is 30.4 Å². The molecule has 0 radical (unpaired) electrons. The fraction of sp³-hybridized carbons (Fsp3) is 0.389. The highest BCUT2D eigenvalue weighted by Gasteiger charge is 2.68. The van der Waals surface area contributed by atoms with Gasteiger partial charge in [0.25, 0.3) is 5.69 Å². The van der Waals surface area contributed by atoms with Crippen LogP contribution in [0.1, 0.15) is 12.5 Å². The molecule has 140 valence electrons. The summed E-state index contributed by atoms with van der Waals surface area (Å²) in [6.45, 7) is 2.75. The quantitative estimate of drug-likeness (QED) is 0.257. The molecule has 9 heteroatoms. The molecule has 3 aliphatic heterocycles. The average molecular weight is 372 g/mol. The van der Waals surface area contributed by atoms with E-state index in [1.807, 2.05) is 0 Å². The lowest BCUT2D eigenvalue weighted by molar-refractivity contribution is -0.384. The molecular formula is C18H16N2O7. The number of rotatable bonds is 4. The van der Waals surface area contributed by atoms with Crippen molar-refractivity contribution in [2.24, 2.45) is 11.8 Å². The summed E-state index contributed by atoms with van der Waals surface area (Å²) in [5.41, 5.74) is -0.634. The second kappa shape index (κ2) is 5.71. The Hall–Kier alpha value is -3.07. The van der Waals surface area contributed by atoms with Gasteiger partial charge in [-0.3, -0.25) is 24.5 Å². The fourth-order valence-electron chi connectivity index (χ4n) is 4.07. The first-order chi connectivity index (χ1) is 12.7. The third kappa shape index (κ3) is 2.38. The lowest BCUT2D eigenvalue weighted by Crippen LogP contribution is -2.44. The number of carbonyl (C=O) groups is 3. The van der Waals surface area contributed by atoms with Crippen LogP contribution in [0.4, 0.5) is 11.4 Å². The summed E-state index contributed by atoms with van der Waals surface area (Å²) in [7, 11) is 0. The van der Waals surface area contributed by atoms with E-state index in [1.165, 1.54) is 25.1 Å². The minimum absolute atomic E-state index is 0.169. The van der Waals surface area contributed by atoms with Gasteiger partial charge in [-0.25, -0.2) is 4.90 Å². The molecule has 2 bridgehead atoms. The smallest absolute Gasteiger partial charge is 0.302 e. The Bertz CT molecular complexity index is 924. The summed E-state index contributed by atoms with van der Waals surface area (Å²) in [6.07, 6.45) is 2.77. The molecule has 1 aromatic rings. The molecule has 2 amide bonds. The fourth-order valence-corrected chi connectivity index (χ4v) is 4.07. The van der Waals surface area contributed by atoms with Gasteiger partial charge in [-0.05, 0) is 18.6 Å². The van der Waals surface area contributed by atoms with Gasteiger partial charge in [0.1, 0.15) is 12.2 Å². The molecule has 0 saturated carbocycles. The number of hydrogen-bond donors (Lipinski definition) is 0. The predicted octanol–water partition coefficient (Wildman–Crippen LogP) is 1.28. The number of hydrogen-bond acceptors (Lipinski definition) is 7. The molecule has 3 heterocycles. The van der Waals surface area contributed by atoms with Gasteiger partial charge in [0.15, 0.2) is 0 Å². The minimum atomic E-state index is -1.18. The zero-order valence-corrected chi connectivity index (χ0v) is 14.6. The largest absolute Gasteiger partial charge is 0.462 e. The van der Waals surface area contributed by atoms with E-state index >= 15 is 0 Å². The van der Waals surface area contributed by atoms with Crippen LogP contribution in [0.25, 0.3) is 0 Å². The average Bonchev–Trinajstić information content (AvgIpc) is 3.25. The van der Waals surface area contributed by atoms with Crippen molar-refractivity contribution >= 4 is 29.2 Å². The van der Waals surface area contributed by atoms with E-state index in [-0.39, 0.29) is 18.0 Å². The Morgan fingerprint density at radius 1 is 1.37 bits per heavy atom. The number of imide groups is 1. The second-order valence-corrected chi connectivity index (χ2v) is 6.92. The first kappa shape index (κ1) is 17.3. The van der Waals surface area contributed by atoms with Gasteiger partial charge in [-0.15, -0.1) is 0 Å². The zero-order chi connectivity index (χ0) is 19.5. The van der Waals surface area contributed by atoms with Crippen LogP contribution < -0.4 is 4.90 Å². The van der Waals surface area contributed by atoms with E-state index in [9.17, 15) is 24.5 Å². The first-order valence-corrected chi connectivity index (χ1v) is 8.38. The van der Waals surface area contributed by atoms with Gasteiger partial charge in [0.05, 0.1) is 28.6 Å². The number of anilines is 1. The second-order valence-electron chi connectivity index (χ2n) is 6.92. The maximum absolute atomic E-state index is 13.2. The SMILES string of the molecule is CC(=O)OC[C@@]12C=C[C@@H](O1)[C@H]1C(=O)N(c3cc([N+](=O)[O-])ccc3C)C(=O)[C@@H]12. The van der Waals surface area contributed by atoms with Crippen LogP contribution in [0.2, 0.25) is 0 Å². The van der Waals surface area contributed by atoms with E-state index in [0.717, 1.165) is 4.90 Å². The van der Waals surface area contributed by atoms with Crippen molar-refractivity contribution in [3.63, 3.8) is 0 Å². The summed E-state index contributed by atoms with van der Waals surface area (Å²) >= 11 is 0. The van der Waals surface area contributed by atoms with Gasteiger partial charge < -0.3 is 9.47 Å². The van der Waals surface area contributed by atoms with Gasteiger partial charge in [-0.2, -0.15) is 0 Å². The third-order valence-corrected chi connectivity index (χ3v) is 5.30. The number of nitrogens with zero attached hydrogens (tertiary/aromatic N) is 2. The van der Waals surface area contributed by atoms with Crippen LogP contribution in [0.3, 0.4) is 0 Å². The van der Waals surface area contributed by atoms with Crippen molar-refractivity contribution in [2.75, 3.05) is 11.5 Å². The molecule has 9 nitrogen and oxygen atoms in total. The summed E-state index contributed by atoms with van der Waals surface area (Å²) in [5, 5.41) is 11.1. The van der Waals surface area contributed by atoms with Gasteiger partial charge in [0, 0.05) is 19.1 Å². The lowest BCUT2D eigenvalue weighted by Gasteiger charge is -2.28. The van der Waals surface area contributed by atoms with E-state index in [0.29, 0.717) is 5.56 Å². The molecule has 27 heavy (non-hydrogen) atoms. The predicted molar refractivity (Wildman–Crippen MR) is 90.7 cm³/mol. The molecule has 2 saturated heterocycles. The highest BCUT2D eigenvalue weighted by molar-refractivity contribution is 6.23. The number of carbonyl (C=O) groups excluding carboxylic acids is 3. The van der Waals surface area contributed by atoms with Crippen molar-refractivity contribution in [3.05, 3.63) is 46.0 Å². The number of esters is 1. The molecule has 0 unspecified atom stereocenters. The summed E-state index contributed by atoms with van der Waals surface area (Å²) in [6, 6.07) is 4.04. The van der Waals surface area contributed by atoms with Crippen molar-refractivity contribution in [2.45, 2.75) is 25.6 Å². The standard InChI is InChI=1S/C18H16N2O7/c1-9-3-4-11(20(24)25)7-12(9)19-16(22)14-13-5-6-18(27-13,8-26-10(2)21)15(14)17(19)23/h3-7,13-15H,8H2,1-2H3/t13-,14-,15-,18-/m1/s1. The number of benzene rings is 1. The summed E-state index contributed by atoms with van der Waals surface area (Å²) in [4.78, 5) is 48.9. The van der Waals surface area contributed by atoms with Crippen molar-refractivity contribution in [1.29, 1.82) is 0 Å². The maximum Gasteiger partial charge on any atom is 0.302 e. The monoisotopic (exact) mass is 372 g/mol. The molecule has 0 N–H and O–H groups in total. The van der Waals surface area contributed by atoms with Crippen LogP contribution in [-0.2, 0) is 23.9 Å². The lowest BCUT2D eigenvalue weighted by atomic mass is 9.77. The Labute approximate surface area is 153 Å². The van der Waals surface area contributed by atoms with Crippen LogP contribution in [0, 0.1) is 28.9 Å². The number of amides is 2. The van der Waals surface area contributed by atoms with E-state index in [4.69, 9.17) is 9.47 Å². The Morgan fingerprint density at radius 3 is 2.78 bits per heavy atom. The summed E-state index contributed by atoms with van der Waals surface area (Å²) in [5.74, 6) is -3.06. The molecule has 0 spiro atoms. The molecule has 0 aliphatic carbocycles. The number of nitro groups is 1. The first-order valence-electron chi connectivity index (χ1n) is 8.38. The molecule has 4 atom stereocenters. The molecule has 2 fully saturated rings. The van der Waals surface area contributed by atoms with Crippen LogP contribution >= 0.6 is 0 Å². The number of aryl methyl sites for hydroxylation is 1. The number of non-ortho nitro benzene ring substituents is 1. The molecular weight excluding hydrogens is 356 g/mol. The number of fused-ring (bicyclic) bond motifs is 5. The van der Waals surface area contributed by atoms with Crippen molar-refractivity contribution in [3.8, 4) is 0 Å². The third-order valence-electron chi connectivity index (χ3n) is 5.30. The molecule has 4 rings (SSSR count). The number of ether oxygens (including phenoxy) is 2. The highest BCUT2D eigenvalue weighted by atomic mass is 16.6. The Balaban J connectivity index is 1.73. The van der Waals surface area contributed by atoms with Gasteiger partial charge in [0.2, 0.25) is 11.8 Å². The maximum atomic E-state index is 13.2. The molecule has 0 aromatic heterocycles. The number of nitro benzene ring substituents is 1. The summed E-state index contributed by atoms with van der Waals surface area (Å²) < 4.78 is 10.9. The highest BCUT2D eigenvalue weighted by Crippen LogP contribution is 2.53. The zero-order valence-electron chi connectivity index (χ0n) is 14.6.